The average Bonchev–Trinajstić information content (AvgIpc) is 2.98. The van der Waals surface area contributed by atoms with Crippen LogP contribution in [0.25, 0.3) is 11.0 Å². The fourth-order valence-corrected chi connectivity index (χ4v) is 2.09. The van der Waals surface area contributed by atoms with Crippen LogP contribution in [0.3, 0.4) is 0 Å². The third kappa shape index (κ3) is 3.70. The van der Waals surface area contributed by atoms with Gasteiger partial charge in [-0.05, 0) is 42.0 Å². The standard InChI is InChI=1S/C16H15N5O2/c22-13-7-5-12(6-8-13)11-17-19-16(23)9-10-21-15-4-2-1-3-14(15)18-20-21/h1-8,11,22H,9-10H2,(H,19,23). The zero-order valence-electron chi connectivity index (χ0n) is 12.3. The summed E-state index contributed by atoms with van der Waals surface area (Å²) in [7, 11) is 0. The monoisotopic (exact) mass is 309 g/mol. The number of aromatic nitrogens is 3. The number of aromatic hydroxyl groups is 1. The summed E-state index contributed by atoms with van der Waals surface area (Å²) in [5.74, 6) is -0.0224. The van der Waals surface area contributed by atoms with E-state index >= 15 is 0 Å². The molecule has 0 aliphatic carbocycles. The molecule has 7 nitrogen and oxygen atoms in total. The molecule has 1 amide bonds. The van der Waals surface area contributed by atoms with E-state index in [4.69, 9.17) is 0 Å². The van der Waals surface area contributed by atoms with E-state index in [-0.39, 0.29) is 18.1 Å². The predicted molar refractivity (Wildman–Crippen MR) is 86.0 cm³/mol. The third-order valence-corrected chi connectivity index (χ3v) is 3.27. The van der Waals surface area contributed by atoms with Crippen LogP contribution in [0.2, 0.25) is 0 Å². The molecule has 3 aromatic rings. The molecule has 2 N–H and O–H groups in total. The fourth-order valence-electron chi connectivity index (χ4n) is 2.09. The van der Waals surface area contributed by atoms with E-state index in [0.29, 0.717) is 6.54 Å². The van der Waals surface area contributed by atoms with Gasteiger partial charge in [0.05, 0.1) is 18.3 Å². The number of phenols is 1. The van der Waals surface area contributed by atoms with Gasteiger partial charge >= 0.3 is 0 Å². The second-order valence-corrected chi connectivity index (χ2v) is 4.94. The van der Waals surface area contributed by atoms with Crippen molar-refractivity contribution in [3.05, 3.63) is 54.1 Å². The molecule has 0 fully saturated rings. The maximum atomic E-state index is 11.8. The number of para-hydroxylation sites is 1. The van der Waals surface area contributed by atoms with Gasteiger partial charge in [0.15, 0.2) is 0 Å². The van der Waals surface area contributed by atoms with Crippen molar-refractivity contribution in [1.82, 2.24) is 20.4 Å². The Morgan fingerprint density at radius 3 is 2.83 bits per heavy atom. The number of benzene rings is 2. The fraction of sp³-hybridized carbons (Fsp3) is 0.125. The van der Waals surface area contributed by atoms with Gasteiger partial charge in [-0.1, -0.05) is 17.3 Å². The van der Waals surface area contributed by atoms with Gasteiger partial charge in [-0.15, -0.1) is 5.10 Å². The van der Waals surface area contributed by atoms with Crippen molar-refractivity contribution < 1.29 is 9.90 Å². The molecule has 116 valence electrons. The number of hydrogen-bond acceptors (Lipinski definition) is 5. The number of nitrogens with zero attached hydrogens (tertiary/aromatic N) is 4. The van der Waals surface area contributed by atoms with Crippen LogP contribution in [0.15, 0.2) is 53.6 Å². The molecular weight excluding hydrogens is 294 g/mol. The lowest BCUT2D eigenvalue weighted by molar-refractivity contribution is -0.121. The van der Waals surface area contributed by atoms with E-state index in [0.717, 1.165) is 16.6 Å². The summed E-state index contributed by atoms with van der Waals surface area (Å²) in [4.78, 5) is 11.8. The van der Waals surface area contributed by atoms with Crippen LogP contribution >= 0.6 is 0 Å². The molecule has 1 aromatic heterocycles. The lowest BCUT2D eigenvalue weighted by Gasteiger charge is -2.01. The molecule has 23 heavy (non-hydrogen) atoms. The first-order valence-corrected chi connectivity index (χ1v) is 7.11. The van der Waals surface area contributed by atoms with Crippen LogP contribution in [-0.2, 0) is 11.3 Å². The molecule has 0 saturated carbocycles. The number of carbonyl (C=O) groups is 1. The molecule has 1 heterocycles. The van der Waals surface area contributed by atoms with Crippen molar-refractivity contribution in [2.75, 3.05) is 0 Å². The minimum absolute atomic E-state index is 0.186. The van der Waals surface area contributed by atoms with Crippen molar-refractivity contribution in [2.45, 2.75) is 13.0 Å². The van der Waals surface area contributed by atoms with Gasteiger partial charge < -0.3 is 5.11 Å². The van der Waals surface area contributed by atoms with Crippen molar-refractivity contribution in [2.24, 2.45) is 5.10 Å². The molecule has 2 aromatic carbocycles. The minimum atomic E-state index is -0.209. The topological polar surface area (TPSA) is 92.4 Å². The van der Waals surface area contributed by atoms with Crippen LogP contribution in [0, 0.1) is 0 Å². The molecule has 0 bridgehead atoms. The van der Waals surface area contributed by atoms with Crippen LogP contribution in [0.4, 0.5) is 0 Å². The minimum Gasteiger partial charge on any atom is -0.508 e. The van der Waals surface area contributed by atoms with Gasteiger partial charge in [0.1, 0.15) is 11.3 Å². The summed E-state index contributed by atoms with van der Waals surface area (Å²) in [6.45, 7) is 0.432. The molecule has 0 atom stereocenters. The number of amides is 1. The summed E-state index contributed by atoms with van der Waals surface area (Å²) in [6.07, 6.45) is 1.77. The lowest BCUT2D eigenvalue weighted by atomic mass is 10.2. The first-order valence-electron chi connectivity index (χ1n) is 7.11. The highest BCUT2D eigenvalue weighted by atomic mass is 16.3. The molecule has 0 saturated heterocycles. The normalized spacial score (nSPS) is 11.1. The van der Waals surface area contributed by atoms with E-state index in [1.54, 1.807) is 28.9 Å². The predicted octanol–water partition coefficient (Wildman–Crippen LogP) is 1.68. The highest BCUT2D eigenvalue weighted by molar-refractivity contribution is 5.82. The van der Waals surface area contributed by atoms with Gasteiger partial charge in [-0.2, -0.15) is 5.10 Å². The number of hydrazone groups is 1. The molecule has 3 rings (SSSR count). The summed E-state index contributed by atoms with van der Waals surface area (Å²) in [5, 5.41) is 21.1. The zero-order chi connectivity index (χ0) is 16.1. The van der Waals surface area contributed by atoms with Crippen LogP contribution in [-0.4, -0.2) is 32.2 Å². The van der Waals surface area contributed by atoms with Crippen molar-refractivity contribution in [3.8, 4) is 5.75 Å². The van der Waals surface area contributed by atoms with E-state index in [9.17, 15) is 9.90 Å². The molecule has 0 aliphatic heterocycles. The molecule has 0 aliphatic rings. The summed E-state index contributed by atoms with van der Waals surface area (Å²) in [5.41, 5.74) is 4.95. The first-order chi connectivity index (χ1) is 11.2. The van der Waals surface area contributed by atoms with Crippen LogP contribution in [0.1, 0.15) is 12.0 Å². The van der Waals surface area contributed by atoms with Gasteiger partial charge in [-0.25, -0.2) is 10.1 Å². The van der Waals surface area contributed by atoms with Crippen LogP contribution in [0.5, 0.6) is 5.75 Å². The number of carbonyl (C=O) groups excluding carboxylic acids is 1. The molecular formula is C16H15N5O2. The van der Waals surface area contributed by atoms with Crippen LogP contribution < -0.4 is 5.43 Å². The Kier molecular flexibility index (Phi) is 4.28. The Morgan fingerprint density at radius 2 is 2.00 bits per heavy atom. The summed E-state index contributed by atoms with van der Waals surface area (Å²) >= 11 is 0. The summed E-state index contributed by atoms with van der Waals surface area (Å²) < 4.78 is 1.69. The first kappa shape index (κ1) is 14.7. The van der Waals surface area contributed by atoms with Crippen molar-refractivity contribution >= 4 is 23.2 Å². The van der Waals surface area contributed by atoms with Crippen molar-refractivity contribution in [1.29, 1.82) is 0 Å². The Labute approximate surface area is 132 Å². The Hall–Kier alpha value is -3.22. The number of phenolic OH excluding ortho intramolecular Hbond substituents is 1. The highest BCUT2D eigenvalue weighted by Gasteiger charge is 2.05. The lowest BCUT2D eigenvalue weighted by Crippen LogP contribution is -2.19. The van der Waals surface area contributed by atoms with Gasteiger partial charge in [0, 0.05) is 6.42 Å². The molecule has 0 radical (unpaired) electrons. The number of hydrogen-bond donors (Lipinski definition) is 2. The van der Waals surface area contributed by atoms with Gasteiger partial charge in [0.2, 0.25) is 5.91 Å². The van der Waals surface area contributed by atoms with Crippen molar-refractivity contribution in [3.63, 3.8) is 0 Å². The van der Waals surface area contributed by atoms with Gasteiger partial charge in [-0.3, -0.25) is 4.79 Å². The quantitative estimate of drug-likeness (QED) is 0.554. The Bertz CT molecular complexity index is 839. The molecule has 0 spiro atoms. The number of rotatable bonds is 5. The smallest absolute Gasteiger partial charge is 0.241 e. The number of nitrogens with one attached hydrogen (secondary N) is 1. The van der Waals surface area contributed by atoms with E-state index in [1.165, 1.54) is 6.21 Å². The summed E-state index contributed by atoms with van der Waals surface area (Å²) in [6, 6.07) is 14.1. The second-order valence-electron chi connectivity index (χ2n) is 4.94. The number of fused-ring (bicyclic) bond motifs is 1. The van der Waals surface area contributed by atoms with E-state index in [2.05, 4.69) is 20.8 Å². The number of aryl methyl sites for hydroxylation is 1. The second kappa shape index (κ2) is 6.69. The average molecular weight is 309 g/mol. The highest BCUT2D eigenvalue weighted by Crippen LogP contribution is 2.10. The molecule has 0 unspecified atom stereocenters. The zero-order valence-corrected chi connectivity index (χ0v) is 12.3. The third-order valence-electron chi connectivity index (χ3n) is 3.27. The maximum absolute atomic E-state index is 11.8. The van der Waals surface area contributed by atoms with E-state index in [1.807, 2.05) is 24.3 Å². The Morgan fingerprint density at radius 1 is 1.22 bits per heavy atom. The molecule has 7 heteroatoms. The SMILES string of the molecule is O=C(CCn1nnc2ccccc21)NN=Cc1ccc(O)cc1. The maximum Gasteiger partial charge on any atom is 0.241 e. The van der Waals surface area contributed by atoms with Gasteiger partial charge in [0.25, 0.3) is 0 Å². The van der Waals surface area contributed by atoms with E-state index < -0.39 is 0 Å². The Balaban J connectivity index is 1.52. The largest absolute Gasteiger partial charge is 0.508 e.